The molecule has 0 bridgehead atoms. The van der Waals surface area contributed by atoms with Gasteiger partial charge in [0.2, 0.25) is 0 Å². The molecular weight excluding hydrogens is 218 g/mol. The molecule has 2 nitrogen and oxygen atoms in total. The van der Waals surface area contributed by atoms with Gasteiger partial charge in [0.05, 0.1) is 12.6 Å². The van der Waals surface area contributed by atoms with E-state index in [0.29, 0.717) is 6.04 Å². The molecule has 1 fully saturated rings. The van der Waals surface area contributed by atoms with E-state index in [4.69, 9.17) is 0 Å². The fraction of sp³-hybridized carbons (Fsp3) is 0.538. The highest BCUT2D eigenvalue weighted by molar-refractivity contribution is 7.99. The van der Waals surface area contributed by atoms with Crippen molar-refractivity contribution in [2.24, 2.45) is 0 Å². The van der Waals surface area contributed by atoms with E-state index in [1.54, 1.807) is 0 Å². The molecule has 0 radical (unpaired) electrons. The van der Waals surface area contributed by atoms with Crippen molar-refractivity contribution in [3.63, 3.8) is 0 Å². The lowest BCUT2D eigenvalue weighted by atomic mass is 10.1. The summed E-state index contributed by atoms with van der Waals surface area (Å²) in [5.41, 5.74) is 1.18. The minimum absolute atomic E-state index is 0.0879. The van der Waals surface area contributed by atoms with Gasteiger partial charge in [-0.25, -0.2) is 0 Å². The first kappa shape index (κ1) is 12.0. The van der Waals surface area contributed by atoms with Gasteiger partial charge in [0, 0.05) is 11.8 Å². The second kappa shape index (κ2) is 6.28. The molecule has 1 saturated heterocycles. The first-order chi connectivity index (χ1) is 7.90. The second-order valence-corrected chi connectivity index (χ2v) is 5.38. The van der Waals surface area contributed by atoms with Crippen LogP contribution in [0.25, 0.3) is 0 Å². The zero-order valence-corrected chi connectivity index (χ0v) is 10.2. The Balaban J connectivity index is 1.94. The molecular formula is C13H19NOS. The van der Waals surface area contributed by atoms with Crippen LogP contribution in [0.2, 0.25) is 0 Å². The molecule has 0 aliphatic carbocycles. The molecule has 0 amide bonds. The van der Waals surface area contributed by atoms with Crippen LogP contribution in [0.1, 0.15) is 24.4 Å². The van der Waals surface area contributed by atoms with Crippen LogP contribution in [-0.4, -0.2) is 29.3 Å². The molecule has 1 aromatic carbocycles. The Morgan fingerprint density at radius 1 is 1.38 bits per heavy atom. The number of benzene rings is 1. The quantitative estimate of drug-likeness (QED) is 0.842. The largest absolute Gasteiger partial charge is 0.394 e. The summed E-state index contributed by atoms with van der Waals surface area (Å²) < 4.78 is 0. The number of nitrogens with one attached hydrogen (secondary N) is 1. The van der Waals surface area contributed by atoms with Gasteiger partial charge in [-0.2, -0.15) is 11.8 Å². The lowest BCUT2D eigenvalue weighted by Gasteiger charge is -2.27. The third-order valence-corrected chi connectivity index (χ3v) is 4.20. The van der Waals surface area contributed by atoms with Gasteiger partial charge in [0.1, 0.15) is 0 Å². The molecule has 88 valence electrons. The molecule has 0 saturated carbocycles. The van der Waals surface area contributed by atoms with Crippen molar-refractivity contribution in [3.05, 3.63) is 35.9 Å². The lowest BCUT2D eigenvalue weighted by Crippen LogP contribution is -2.38. The van der Waals surface area contributed by atoms with Crippen LogP contribution in [-0.2, 0) is 0 Å². The Morgan fingerprint density at radius 3 is 2.81 bits per heavy atom. The van der Waals surface area contributed by atoms with Gasteiger partial charge < -0.3 is 10.4 Å². The molecule has 2 atom stereocenters. The Kier molecular flexibility index (Phi) is 4.69. The predicted molar refractivity (Wildman–Crippen MR) is 69.8 cm³/mol. The zero-order valence-electron chi connectivity index (χ0n) is 9.43. The fourth-order valence-corrected chi connectivity index (χ4v) is 3.18. The van der Waals surface area contributed by atoms with Gasteiger partial charge in [-0.05, 0) is 24.2 Å². The molecule has 0 spiro atoms. The van der Waals surface area contributed by atoms with Gasteiger partial charge >= 0.3 is 0 Å². The Hall–Kier alpha value is -0.510. The fourth-order valence-electron chi connectivity index (χ4n) is 2.10. The molecule has 2 rings (SSSR count). The summed E-state index contributed by atoms with van der Waals surface area (Å²) in [4.78, 5) is 0. The maximum absolute atomic E-state index is 9.44. The SMILES string of the molecule is OC[C@H](NC1CCCSC1)c1ccccc1. The highest BCUT2D eigenvalue weighted by atomic mass is 32.2. The predicted octanol–water partition coefficient (Wildman–Crippen LogP) is 2.21. The number of hydrogen-bond acceptors (Lipinski definition) is 3. The number of rotatable bonds is 4. The summed E-state index contributed by atoms with van der Waals surface area (Å²) in [7, 11) is 0. The zero-order chi connectivity index (χ0) is 11.2. The van der Waals surface area contributed by atoms with E-state index < -0.39 is 0 Å². The van der Waals surface area contributed by atoms with Crippen molar-refractivity contribution in [2.75, 3.05) is 18.1 Å². The van der Waals surface area contributed by atoms with E-state index in [0.717, 1.165) is 0 Å². The van der Waals surface area contributed by atoms with Crippen LogP contribution < -0.4 is 5.32 Å². The third kappa shape index (κ3) is 3.24. The van der Waals surface area contributed by atoms with Gasteiger partial charge in [-0.3, -0.25) is 0 Å². The van der Waals surface area contributed by atoms with Crippen LogP contribution in [0, 0.1) is 0 Å². The highest BCUT2D eigenvalue weighted by Gasteiger charge is 2.18. The molecule has 2 N–H and O–H groups in total. The molecule has 1 aromatic rings. The van der Waals surface area contributed by atoms with Crippen molar-refractivity contribution < 1.29 is 5.11 Å². The molecule has 1 aliphatic rings. The van der Waals surface area contributed by atoms with Crippen LogP contribution in [0.15, 0.2) is 30.3 Å². The van der Waals surface area contributed by atoms with Crippen molar-refractivity contribution in [3.8, 4) is 0 Å². The number of aliphatic hydroxyl groups is 1. The Labute approximate surface area is 101 Å². The van der Waals surface area contributed by atoms with Gasteiger partial charge in [-0.1, -0.05) is 30.3 Å². The van der Waals surface area contributed by atoms with Crippen LogP contribution in [0.3, 0.4) is 0 Å². The number of aliphatic hydroxyl groups excluding tert-OH is 1. The summed E-state index contributed by atoms with van der Waals surface area (Å²) >= 11 is 2.01. The third-order valence-electron chi connectivity index (χ3n) is 2.98. The van der Waals surface area contributed by atoms with E-state index in [-0.39, 0.29) is 12.6 Å². The van der Waals surface area contributed by atoms with Crippen LogP contribution >= 0.6 is 11.8 Å². The van der Waals surface area contributed by atoms with Crippen molar-refractivity contribution in [1.29, 1.82) is 0 Å². The monoisotopic (exact) mass is 237 g/mol. The van der Waals surface area contributed by atoms with Crippen LogP contribution in [0.4, 0.5) is 0 Å². The molecule has 16 heavy (non-hydrogen) atoms. The first-order valence-electron chi connectivity index (χ1n) is 5.90. The summed E-state index contributed by atoms with van der Waals surface area (Å²) in [6.45, 7) is 0.172. The maximum Gasteiger partial charge on any atom is 0.0626 e. The first-order valence-corrected chi connectivity index (χ1v) is 7.05. The van der Waals surface area contributed by atoms with Gasteiger partial charge in [-0.15, -0.1) is 0 Å². The van der Waals surface area contributed by atoms with Gasteiger partial charge in [0.15, 0.2) is 0 Å². The molecule has 1 unspecified atom stereocenters. The Morgan fingerprint density at radius 2 is 2.19 bits per heavy atom. The van der Waals surface area contributed by atoms with Gasteiger partial charge in [0.25, 0.3) is 0 Å². The summed E-state index contributed by atoms with van der Waals surface area (Å²) in [6.07, 6.45) is 2.52. The Bertz CT molecular complexity index is 298. The van der Waals surface area contributed by atoms with E-state index in [2.05, 4.69) is 17.4 Å². The van der Waals surface area contributed by atoms with E-state index in [1.807, 2.05) is 30.0 Å². The smallest absolute Gasteiger partial charge is 0.0626 e. The van der Waals surface area contributed by atoms with E-state index in [9.17, 15) is 5.11 Å². The molecule has 3 heteroatoms. The minimum atomic E-state index is 0.0879. The minimum Gasteiger partial charge on any atom is -0.394 e. The van der Waals surface area contributed by atoms with Crippen LogP contribution in [0.5, 0.6) is 0 Å². The number of hydrogen-bond donors (Lipinski definition) is 2. The average Bonchev–Trinajstić information content (AvgIpc) is 2.38. The van der Waals surface area contributed by atoms with E-state index >= 15 is 0 Å². The topological polar surface area (TPSA) is 32.3 Å². The second-order valence-electron chi connectivity index (χ2n) is 4.23. The molecule has 0 aromatic heterocycles. The summed E-state index contributed by atoms with van der Waals surface area (Å²) in [6, 6.07) is 10.8. The summed E-state index contributed by atoms with van der Waals surface area (Å²) in [5.74, 6) is 2.46. The number of thioether (sulfide) groups is 1. The maximum atomic E-state index is 9.44. The summed E-state index contributed by atoms with van der Waals surface area (Å²) in [5, 5.41) is 13.0. The highest BCUT2D eigenvalue weighted by Crippen LogP contribution is 2.20. The molecule has 1 heterocycles. The molecule has 1 aliphatic heterocycles. The average molecular weight is 237 g/mol. The van der Waals surface area contributed by atoms with Crippen molar-refractivity contribution in [1.82, 2.24) is 5.32 Å². The normalized spacial score (nSPS) is 22.9. The standard InChI is InChI=1S/C13H19NOS/c15-9-13(11-5-2-1-3-6-11)14-12-7-4-8-16-10-12/h1-3,5-6,12-15H,4,7-10H2/t12?,13-/m0/s1. The van der Waals surface area contributed by atoms with Crippen molar-refractivity contribution >= 4 is 11.8 Å². The lowest BCUT2D eigenvalue weighted by molar-refractivity contribution is 0.233. The van der Waals surface area contributed by atoms with E-state index in [1.165, 1.54) is 29.9 Å². The van der Waals surface area contributed by atoms with Crippen molar-refractivity contribution in [2.45, 2.75) is 24.9 Å².